The number of para-hydroxylation sites is 1. The van der Waals surface area contributed by atoms with E-state index < -0.39 is 6.61 Å². The summed E-state index contributed by atoms with van der Waals surface area (Å²) in [6, 6.07) is 10.2. The summed E-state index contributed by atoms with van der Waals surface area (Å²) < 4.78 is 29.2. The number of nitrogens with zero attached hydrogens (tertiary/aromatic N) is 1. The maximum Gasteiger partial charge on any atom is 0.387 e. The molecule has 2 heterocycles. The number of carbonyl (C=O) groups is 1. The summed E-state index contributed by atoms with van der Waals surface area (Å²) >= 11 is 3.16. The summed E-state index contributed by atoms with van der Waals surface area (Å²) in [6.45, 7) is -0.575. The van der Waals surface area contributed by atoms with Gasteiger partial charge in [0.1, 0.15) is 5.75 Å². The van der Waals surface area contributed by atoms with Crippen molar-refractivity contribution in [2.45, 2.75) is 20.1 Å². The van der Waals surface area contributed by atoms with Gasteiger partial charge in [0, 0.05) is 21.9 Å². The molecule has 3 rings (SSSR count). The van der Waals surface area contributed by atoms with E-state index in [2.05, 4.69) is 15.0 Å². The monoisotopic (exact) mass is 406 g/mol. The number of amides is 1. The van der Waals surface area contributed by atoms with Crippen LogP contribution < -0.4 is 10.1 Å². The molecular weight excluding hydrogens is 390 g/mol. The zero-order valence-electron chi connectivity index (χ0n) is 14.3. The Balaban J connectivity index is 1.57. The molecule has 0 atom stereocenters. The maximum atomic E-state index is 12.4. The van der Waals surface area contributed by atoms with Crippen LogP contribution in [0.15, 0.2) is 47.9 Å². The lowest BCUT2D eigenvalue weighted by Crippen LogP contribution is -2.19. The third-order valence-corrected chi connectivity index (χ3v) is 5.40. The Labute approximate surface area is 163 Å². The number of hydrogen-bond acceptors (Lipinski definition) is 5. The number of halogens is 2. The van der Waals surface area contributed by atoms with Crippen LogP contribution in [-0.4, -0.2) is 17.5 Å². The van der Waals surface area contributed by atoms with Crippen LogP contribution in [0.5, 0.6) is 5.75 Å². The first-order valence-corrected chi connectivity index (χ1v) is 9.72. The highest BCUT2D eigenvalue weighted by Gasteiger charge is 2.08. The van der Waals surface area contributed by atoms with E-state index in [0.29, 0.717) is 12.1 Å². The van der Waals surface area contributed by atoms with E-state index in [1.807, 2.05) is 24.4 Å². The Kier molecular flexibility index (Phi) is 6.31. The molecule has 1 amide bonds. The summed E-state index contributed by atoms with van der Waals surface area (Å²) in [6.07, 6.45) is 2.75. The molecule has 1 N–H and O–H groups in total. The lowest BCUT2D eigenvalue weighted by Gasteiger charge is -2.07. The summed E-state index contributed by atoms with van der Waals surface area (Å²) in [4.78, 5) is 18.5. The van der Waals surface area contributed by atoms with E-state index in [1.165, 1.54) is 18.2 Å². The zero-order chi connectivity index (χ0) is 19.2. The highest BCUT2D eigenvalue weighted by Crippen LogP contribution is 2.29. The molecule has 140 valence electrons. The van der Waals surface area contributed by atoms with Crippen LogP contribution in [0, 0.1) is 6.92 Å². The number of hydrogen-bond donors (Lipinski definition) is 1. The number of aryl methyl sites for hydroxylation is 1. The summed E-state index contributed by atoms with van der Waals surface area (Å²) in [5.41, 5.74) is 1.35. The number of thiophene rings is 1. The van der Waals surface area contributed by atoms with Crippen molar-refractivity contribution in [1.82, 2.24) is 10.3 Å². The number of nitrogens with one attached hydrogen (secondary N) is 1. The summed E-state index contributed by atoms with van der Waals surface area (Å²) in [7, 11) is 0. The van der Waals surface area contributed by atoms with Gasteiger partial charge in [0.25, 0.3) is 0 Å². The van der Waals surface area contributed by atoms with Crippen LogP contribution >= 0.6 is 22.7 Å². The summed E-state index contributed by atoms with van der Waals surface area (Å²) in [5.74, 6) is -0.292. The molecule has 0 aliphatic rings. The molecule has 0 aliphatic heterocycles. The predicted octanol–water partition coefficient (Wildman–Crippen LogP) is 5.11. The molecule has 1 aromatic carbocycles. The molecule has 0 saturated heterocycles. The van der Waals surface area contributed by atoms with Crippen LogP contribution in [0.3, 0.4) is 0 Å². The smallest absolute Gasteiger partial charge is 0.387 e. The average Bonchev–Trinajstić information content (AvgIpc) is 3.27. The third-order valence-electron chi connectivity index (χ3n) is 3.52. The number of aromatic nitrogens is 1. The van der Waals surface area contributed by atoms with Crippen molar-refractivity contribution in [3.8, 4) is 16.3 Å². The van der Waals surface area contributed by atoms with Crippen molar-refractivity contribution in [2.75, 3.05) is 0 Å². The first kappa shape index (κ1) is 19.2. The molecule has 0 saturated carbocycles. The van der Waals surface area contributed by atoms with Crippen molar-refractivity contribution in [1.29, 1.82) is 0 Å². The summed E-state index contributed by atoms with van der Waals surface area (Å²) in [5, 5.41) is 5.79. The molecule has 0 aliphatic carbocycles. The lowest BCUT2D eigenvalue weighted by atomic mass is 10.2. The second-order valence-electron chi connectivity index (χ2n) is 5.49. The number of benzene rings is 1. The van der Waals surface area contributed by atoms with Gasteiger partial charge in [0.15, 0.2) is 0 Å². The number of carbonyl (C=O) groups excluding carboxylic acids is 1. The first-order chi connectivity index (χ1) is 13.0. The predicted molar refractivity (Wildman–Crippen MR) is 104 cm³/mol. The van der Waals surface area contributed by atoms with Gasteiger partial charge >= 0.3 is 6.61 Å². The van der Waals surface area contributed by atoms with Crippen molar-refractivity contribution >= 4 is 34.7 Å². The van der Waals surface area contributed by atoms with Gasteiger partial charge in [-0.05, 0) is 31.2 Å². The van der Waals surface area contributed by atoms with Gasteiger partial charge in [-0.3, -0.25) is 4.79 Å². The minimum absolute atomic E-state index is 0.0259. The van der Waals surface area contributed by atoms with E-state index in [9.17, 15) is 13.6 Å². The van der Waals surface area contributed by atoms with Gasteiger partial charge < -0.3 is 10.1 Å². The van der Waals surface area contributed by atoms with Crippen molar-refractivity contribution in [3.63, 3.8) is 0 Å². The van der Waals surface area contributed by atoms with Gasteiger partial charge in [-0.15, -0.1) is 22.7 Å². The van der Waals surface area contributed by atoms with Crippen molar-refractivity contribution in [3.05, 3.63) is 63.3 Å². The fraction of sp³-hybridized carbons (Fsp3) is 0.158. The Morgan fingerprint density at radius 3 is 2.85 bits per heavy atom. The van der Waals surface area contributed by atoms with Crippen LogP contribution in [0.4, 0.5) is 8.78 Å². The van der Waals surface area contributed by atoms with Gasteiger partial charge in [0.05, 0.1) is 22.1 Å². The van der Waals surface area contributed by atoms with Crippen LogP contribution in [0.2, 0.25) is 0 Å². The normalized spacial score (nSPS) is 11.3. The largest absolute Gasteiger partial charge is 0.434 e. The number of alkyl halides is 2. The molecule has 0 spiro atoms. The van der Waals surface area contributed by atoms with Crippen LogP contribution in [0.25, 0.3) is 16.6 Å². The lowest BCUT2D eigenvalue weighted by molar-refractivity contribution is -0.116. The van der Waals surface area contributed by atoms with Crippen LogP contribution in [0.1, 0.15) is 15.4 Å². The quantitative estimate of drug-likeness (QED) is 0.555. The highest BCUT2D eigenvalue weighted by atomic mass is 32.1. The van der Waals surface area contributed by atoms with E-state index in [0.717, 1.165) is 20.5 Å². The van der Waals surface area contributed by atoms with Gasteiger partial charge in [0.2, 0.25) is 5.91 Å². The zero-order valence-corrected chi connectivity index (χ0v) is 15.9. The topological polar surface area (TPSA) is 51.2 Å². The van der Waals surface area contributed by atoms with E-state index in [4.69, 9.17) is 0 Å². The van der Waals surface area contributed by atoms with Crippen molar-refractivity contribution in [2.24, 2.45) is 0 Å². The average molecular weight is 406 g/mol. The van der Waals surface area contributed by atoms with Gasteiger partial charge in [-0.25, -0.2) is 4.98 Å². The van der Waals surface area contributed by atoms with Gasteiger partial charge in [-0.2, -0.15) is 8.78 Å². The molecule has 0 bridgehead atoms. The Morgan fingerprint density at radius 1 is 1.30 bits per heavy atom. The second kappa shape index (κ2) is 8.88. The molecule has 4 nitrogen and oxygen atoms in total. The number of thiazole rings is 1. The molecule has 0 unspecified atom stereocenters. The third kappa shape index (κ3) is 5.45. The van der Waals surface area contributed by atoms with E-state index >= 15 is 0 Å². The fourth-order valence-corrected chi connectivity index (χ4v) is 3.90. The molecular formula is C19H16F2N2O2S2. The Hall–Kier alpha value is -2.58. The minimum atomic E-state index is -2.91. The standard InChI is InChI=1S/C19H16F2N2O2S2/c1-12-23-15(11-26-12)17-8-7-14(27-17)10-22-18(24)9-6-13-4-2-3-5-16(13)25-19(20)21/h2-9,11,19H,10H2,1H3,(H,22,24)/b9-6+. The number of ether oxygens (including phenoxy) is 1. The molecule has 0 fully saturated rings. The molecule has 2 aromatic heterocycles. The van der Waals surface area contributed by atoms with Crippen LogP contribution in [-0.2, 0) is 11.3 Å². The Morgan fingerprint density at radius 2 is 2.11 bits per heavy atom. The number of rotatable bonds is 7. The molecule has 8 heteroatoms. The minimum Gasteiger partial charge on any atom is -0.434 e. The van der Waals surface area contributed by atoms with E-state index in [-0.39, 0.29) is 11.7 Å². The molecule has 3 aromatic rings. The van der Waals surface area contributed by atoms with Crippen molar-refractivity contribution < 1.29 is 18.3 Å². The Bertz CT molecular complexity index is 951. The SMILES string of the molecule is Cc1nc(-c2ccc(CNC(=O)/C=C/c3ccccc3OC(F)F)s2)cs1. The second-order valence-corrected chi connectivity index (χ2v) is 7.72. The molecule has 27 heavy (non-hydrogen) atoms. The maximum absolute atomic E-state index is 12.4. The molecule has 0 radical (unpaired) electrons. The van der Waals surface area contributed by atoms with Gasteiger partial charge in [-0.1, -0.05) is 18.2 Å². The fourth-order valence-electron chi connectivity index (χ4n) is 2.31. The highest BCUT2D eigenvalue weighted by molar-refractivity contribution is 7.16. The van der Waals surface area contributed by atoms with E-state index in [1.54, 1.807) is 40.9 Å². The first-order valence-electron chi connectivity index (χ1n) is 8.02.